The van der Waals surface area contributed by atoms with E-state index in [-0.39, 0.29) is 11.7 Å². The number of rotatable bonds is 2. The summed E-state index contributed by atoms with van der Waals surface area (Å²) in [4.78, 5) is 0. The van der Waals surface area contributed by atoms with Gasteiger partial charge in [-0.1, -0.05) is 42.3 Å². The van der Waals surface area contributed by atoms with Gasteiger partial charge < -0.3 is 5.11 Å². The van der Waals surface area contributed by atoms with Gasteiger partial charge in [0.1, 0.15) is 5.82 Å². The lowest BCUT2D eigenvalue weighted by Crippen LogP contribution is -2.25. The lowest BCUT2D eigenvalue weighted by Gasteiger charge is -2.35. The SMILES string of the molecule is CC1CCC(C(O)c2ccc(F)cc2Br)CC1C. The standard InChI is InChI=1S/C15H20BrFO/c1-9-3-4-11(7-10(9)2)15(18)13-6-5-12(17)8-14(13)16/h5-6,8-11,15,18H,3-4,7H2,1-2H3. The van der Waals surface area contributed by atoms with Gasteiger partial charge in [0.05, 0.1) is 6.10 Å². The highest BCUT2D eigenvalue weighted by molar-refractivity contribution is 9.10. The van der Waals surface area contributed by atoms with Gasteiger partial charge in [0, 0.05) is 4.47 Å². The molecule has 0 bridgehead atoms. The monoisotopic (exact) mass is 314 g/mol. The number of halogens is 2. The summed E-state index contributed by atoms with van der Waals surface area (Å²) in [5, 5.41) is 10.5. The molecular weight excluding hydrogens is 295 g/mol. The van der Waals surface area contributed by atoms with Gasteiger partial charge in [0.25, 0.3) is 0 Å². The summed E-state index contributed by atoms with van der Waals surface area (Å²) in [5.74, 6) is 1.41. The highest BCUT2D eigenvalue weighted by Gasteiger charge is 2.30. The molecule has 0 aromatic heterocycles. The molecule has 2 rings (SSSR count). The molecule has 1 saturated carbocycles. The lowest BCUT2D eigenvalue weighted by atomic mass is 9.73. The Kier molecular flexibility index (Phi) is 4.44. The molecule has 0 aliphatic heterocycles. The van der Waals surface area contributed by atoms with Crippen LogP contribution < -0.4 is 0 Å². The van der Waals surface area contributed by atoms with E-state index in [2.05, 4.69) is 29.8 Å². The van der Waals surface area contributed by atoms with Gasteiger partial charge >= 0.3 is 0 Å². The molecule has 0 heterocycles. The van der Waals surface area contributed by atoms with E-state index in [9.17, 15) is 9.50 Å². The van der Waals surface area contributed by atoms with E-state index >= 15 is 0 Å². The smallest absolute Gasteiger partial charge is 0.124 e. The van der Waals surface area contributed by atoms with Crippen LogP contribution in [-0.4, -0.2) is 5.11 Å². The Morgan fingerprint density at radius 3 is 2.61 bits per heavy atom. The van der Waals surface area contributed by atoms with Gasteiger partial charge in [0.15, 0.2) is 0 Å². The zero-order valence-electron chi connectivity index (χ0n) is 10.9. The zero-order chi connectivity index (χ0) is 13.3. The molecule has 0 saturated heterocycles. The van der Waals surface area contributed by atoms with E-state index in [1.54, 1.807) is 6.07 Å². The molecule has 1 nitrogen and oxygen atoms in total. The second-order valence-corrected chi connectivity index (χ2v) is 6.49. The molecule has 1 aliphatic carbocycles. The largest absolute Gasteiger partial charge is 0.388 e. The molecule has 0 spiro atoms. The molecule has 18 heavy (non-hydrogen) atoms. The maximum absolute atomic E-state index is 13.1. The van der Waals surface area contributed by atoms with Crippen LogP contribution in [0.3, 0.4) is 0 Å². The normalized spacial score (nSPS) is 30.2. The molecule has 0 radical (unpaired) electrons. The van der Waals surface area contributed by atoms with E-state index in [0.717, 1.165) is 24.3 Å². The molecule has 1 fully saturated rings. The van der Waals surface area contributed by atoms with Crippen LogP contribution >= 0.6 is 15.9 Å². The molecule has 100 valence electrons. The van der Waals surface area contributed by atoms with Crippen LogP contribution in [0.25, 0.3) is 0 Å². The highest BCUT2D eigenvalue weighted by Crippen LogP contribution is 2.41. The van der Waals surface area contributed by atoms with Crippen LogP contribution in [0.2, 0.25) is 0 Å². The summed E-state index contributed by atoms with van der Waals surface area (Å²) >= 11 is 3.34. The number of aliphatic hydroxyl groups is 1. The van der Waals surface area contributed by atoms with E-state index in [1.807, 2.05) is 0 Å². The van der Waals surface area contributed by atoms with E-state index in [1.165, 1.54) is 18.6 Å². The zero-order valence-corrected chi connectivity index (χ0v) is 12.5. The first-order chi connectivity index (χ1) is 8.49. The summed E-state index contributed by atoms with van der Waals surface area (Å²) in [6.45, 7) is 4.53. The minimum Gasteiger partial charge on any atom is -0.388 e. The third kappa shape index (κ3) is 2.94. The van der Waals surface area contributed by atoms with E-state index in [0.29, 0.717) is 10.4 Å². The topological polar surface area (TPSA) is 20.2 Å². The average Bonchev–Trinajstić information content (AvgIpc) is 2.32. The molecular formula is C15H20BrFO. The fraction of sp³-hybridized carbons (Fsp3) is 0.600. The predicted octanol–water partition coefficient (Wildman–Crippen LogP) is 4.69. The highest BCUT2D eigenvalue weighted by atomic mass is 79.9. The van der Waals surface area contributed by atoms with Gasteiger partial charge in [-0.15, -0.1) is 0 Å². The van der Waals surface area contributed by atoms with Crippen LogP contribution in [0.5, 0.6) is 0 Å². The van der Waals surface area contributed by atoms with Gasteiger partial charge in [-0.2, -0.15) is 0 Å². The number of hydrogen-bond acceptors (Lipinski definition) is 1. The van der Waals surface area contributed by atoms with Crippen molar-refractivity contribution in [3.8, 4) is 0 Å². The van der Waals surface area contributed by atoms with Crippen molar-refractivity contribution in [2.75, 3.05) is 0 Å². The molecule has 1 aliphatic rings. The predicted molar refractivity (Wildman–Crippen MR) is 74.7 cm³/mol. The van der Waals surface area contributed by atoms with Crippen LogP contribution in [-0.2, 0) is 0 Å². The van der Waals surface area contributed by atoms with Gasteiger partial charge in [-0.3, -0.25) is 0 Å². The first-order valence-corrected chi connectivity index (χ1v) is 7.41. The lowest BCUT2D eigenvalue weighted by molar-refractivity contribution is 0.0556. The van der Waals surface area contributed by atoms with Crippen molar-refractivity contribution in [1.29, 1.82) is 0 Å². The summed E-state index contributed by atoms with van der Waals surface area (Å²) in [6, 6.07) is 4.53. The van der Waals surface area contributed by atoms with Crippen molar-refractivity contribution in [2.24, 2.45) is 17.8 Å². The molecule has 0 amide bonds. The summed E-state index contributed by atoms with van der Waals surface area (Å²) < 4.78 is 13.7. The maximum Gasteiger partial charge on any atom is 0.124 e. The van der Waals surface area contributed by atoms with Gasteiger partial charge in [0.2, 0.25) is 0 Å². The van der Waals surface area contributed by atoms with Crippen LogP contribution in [0.4, 0.5) is 4.39 Å². The molecule has 3 heteroatoms. The van der Waals surface area contributed by atoms with Crippen LogP contribution in [0.1, 0.15) is 44.8 Å². The number of benzene rings is 1. The molecule has 4 atom stereocenters. The number of hydrogen-bond donors (Lipinski definition) is 1. The Labute approximate surface area is 117 Å². The summed E-state index contributed by atoms with van der Waals surface area (Å²) in [5.41, 5.74) is 0.808. The van der Waals surface area contributed by atoms with Crippen molar-refractivity contribution in [3.63, 3.8) is 0 Å². The summed E-state index contributed by atoms with van der Waals surface area (Å²) in [6.07, 6.45) is 2.78. The van der Waals surface area contributed by atoms with Gasteiger partial charge in [-0.25, -0.2) is 4.39 Å². The molecule has 1 aromatic carbocycles. The first-order valence-electron chi connectivity index (χ1n) is 6.62. The fourth-order valence-electron chi connectivity index (χ4n) is 2.87. The second-order valence-electron chi connectivity index (χ2n) is 5.64. The Hall–Kier alpha value is -0.410. The van der Waals surface area contributed by atoms with Crippen molar-refractivity contribution < 1.29 is 9.50 Å². The Bertz CT molecular complexity index is 421. The van der Waals surface area contributed by atoms with Crippen molar-refractivity contribution in [2.45, 2.75) is 39.2 Å². The molecule has 1 N–H and O–H groups in total. The molecule has 1 aromatic rings. The van der Waals surface area contributed by atoms with Gasteiger partial charge in [-0.05, 0) is 48.3 Å². The van der Waals surface area contributed by atoms with E-state index in [4.69, 9.17) is 0 Å². The fourth-order valence-corrected chi connectivity index (χ4v) is 3.46. The quantitative estimate of drug-likeness (QED) is 0.839. The van der Waals surface area contributed by atoms with Crippen molar-refractivity contribution in [1.82, 2.24) is 0 Å². The van der Waals surface area contributed by atoms with Crippen molar-refractivity contribution >= 4 is 15.9 Å². The number of aliphatic hydroxyl groups excluding tert-OH is 1. The Morgan fingerprint density at radius 2 is 2.00 bits per heavy atom. The Balaban J connectivity index is 2.13. The third-order valence-corrected chi connectivity index (χ3v) is 5.05. The summed E-state index contributed by atoms with van der Waals surface area (Å²) in [7, 11) is 0. The first kappa shape index (κ1) is 14.0. The van der Waals surface area contributed by atoms with E-state index < -0.39 is 6.10 Å². The van der Waals surface area contributed by atoms with Crippen molar-refractivity contribution in [3.05, 3.63) is 34.1 Å². The third-order valence-electron chi connectivity index (χ3n) is 4.37. The Morgan fingerprint density at radius 1 is 1.28 bits per heavy atom. The maximum atomic E-state index is 13.1. The molecule has 4 unspecified atom stereocenters. The average molecular weight is 315 g/mol. The minimum atomic E-state index is -0.491. The minimum absolute atomic E-state index is 0.275. The van der Waals surface area contributed by atoms with Crippen LogP contribution in [0, 0.1) is 23.6 Å². The second kappa shape index (κ2) is 5.70. The van der Waals surface area contributed by atoms with Crippen LogP contribution in [0.15, 0.2) is 22.7 Å².